The van der Waals surface area contributed by atoms with Gasteiger partial charge in [0.15, 0.2) is 0 Å². The molecule has 2 heterocycles. The van der Waals surface area contributed by atoms with Crippen molar-refractivity contribution in [1.29, 1.82) is 0 Å². The molecule has 0 saturated carbocycles. The van der Waals surface area contributed by atoms with E-state index in [1.807, 2.05) is 11.5 Å². The summed E-state index contributed by atoms with van der Waals surface area (Å²) >= 11 is 5.95. The quantitative estimate of drug-likeness (QED) is 0.729. The second-order valence-corrected chi connectivity index (χ2v) is 6.24. The third kappa shape index (κ3) is 3.05. The Kier molecular flexibility index (Phi) is 4.39. The molecule has 0 aliphatic heterocycles. The minimum absolute atomic E-state index is 0.119. The fourth-order valence-corrected chi connectivity index (χ4v) is 2.92. The fourth-order valence-electron chi connectivity index (χ4n) is 2.75. The zero-order chi connectivity index (χ0) is 17.3. The molecule has 0 saturated heterocycles. The normalized spacial score (nSPS) is 15.0. The zero-order valence-electron chi connectivity index (χ0n) is 13.3. The van der Waals surface area contributed by atoms with Gasteiger partial charge in [-0.05, 0) is 49.2 Å². The van der Waals surface area contributed by atoms with Crippen molar-refractivity contribution in [3.05, 3.63) is 82.9 Å². The van der Waals surface area contributed by atoms with Crippen molar-refractivity contribution in [2.24, 2.45) is 0 Å². The van der Waals surface area contributed by atoms with E-state index >= 15 is 0 Å². The molecule has 0 fully saturated rings. The van der Waals surface area contributed by atoms with Crippen LogP contribution in [-0.4, -0.2) is 19.6 Å². The molecule has 0 aliphatic rings. The Morgan fingerprint density at radius 2 is 1.96 bits per heavy atom. The van der Waals surface area contributed by atoms with Gasteiger partial charge < -0.3 is 9.67 Å². The number of aromatic nitrogens is 3. The van der Waals surface area contributed by atoms with Crippen molar-refractivity contribution in [2.45, 2.75) is 25.5 Å². The molecule has 124 valence electrons. The first-order chi connectivity index (χ1) is 11.4. The van der Waals surface area contributed by atoms with Crippen LogP contribution in [0.2, 0.25) is 5.15 Å². The van der Waals surface area contributed by atoms with Gasteiger partial charge in [-0.15, -0.1) is 0 Å². The van der Waals surface area contributed by atoms with Gasteiger partial charge in [-0.25, -0.2) is 14.4 Å². The van der Waals surface area contributed by atoms with Gasteiger partial charge in [-0.1, -0.05) is 23.7 Å². The Labute approximate surface area is 144 Å². The van der Waals surface area contributed by atoms with Crippen LogP contribution >= 0.6 is 11.6 Å². The van der Waals surface area contributed by atoms with E-state index in [9.17, 15) is 9.50 Å². The van der Waals surface area contributed by atoms with E-state index in [-0.39, 0.29) is 11.9 Å². The van der Waals surface area contributed by atoms with Crippen molar-refractivity contribution in [1.82, 2.24) is 14.5 Å². The molecule has 2 atom stereocenters. The zero-order valence-corrected chi connectivity index (χ0v) is 14.1. The van der Waals surface area contributed by atoms with Gasteiger partial charge in [0, 0.05) is 6.20 Å². The molecule has 4 nitrogen and oxygen atoms in total. The van der Waals surface area contributed by atoms with Gasteiger partial charge in [0.2, 0.25) is 0 Å². The molecule has 1 aromatic carbocycles. The van der Waals surface area contributed by atoms with Gasteiger partial charge in [0.05, 0.1) is 24.3 Å². The maximum atomic E-state index is 13.1. The Hall–Kier alpha value is -2.24. The number of aliphatic hydroxyl groups is 1. The summed E-state index contributed by atoms with van der Waals surface area (Å²) < 4.78 is 15.0. The van der Waals surface area contributed by atoms with Crippen LogP contribution in [0.15, 0.2) is 55.1 Å². The first-order valence-electron chi connectivity index (χ1n) is 7.52. The lowest BCUT2D eigenvalue weighted by Gasteiger charge is -2.28. The SMILES string of the molecule is CC(c1ccc(F)cc1)n1cncc1C(C)(O)c1ccnc(Cl)c1. The predicted octanol–water partition coefficient (Wildman–Crippen LogP) is 3.94. The molecular weight excluding hydrogens is 329 g/mol. The molecule has 24 heavy (non-hydrogen) atoms. The van der Waals surface area contributed by atoms with Crippen molar-refractivity contribution in [3.8, 4) is 0 Å². The Morgan fingerprint density at radius 3 is 2.62 bits per heavy atom. The monoisotopic (exact) mass is 345 g/mol. The van der Waals surface area contributed by atoms with E-state index in [0.29, 0.717) is 16.4 Å². The summed E-state index contributed by atoms with van der Waals surface area (Å²) in [5.74, 6) is -0.282. The van der Waals surface area contributed by atoms with Gasteiger partial charge in [0.25, 0.3) is 0 Å². The second kappa shape index (κ2) is 6.34. The summed E-state index contributed by atoms with van der Waals surface area (Å²) in [6.45, 7) is 3.65. The smallest absolute Gasteiger partial charge is 0.129 e. The molecule has 0 amide bonds. The number of rotatable bonds is 4. The van der Waals surface area contributed by atoms with E-state index in [4.69, 9.17) is 11.6 Å². The predicted molar refractivity (Wildman–Crippen MR) is 90.4 cm³/mol. The molecule has 3 aromatic rings. The number of pyridine rings is 1. The first-order valence-corrected chi connectivity index (χ1v) is 7.89. The van der Waals surface area contributed by atoms with Crippen molar-refractivity contribution < 1.29 is 9.50 Å². The third-order valence-electron chi connectivity index (χ3n) is 4.22. The number of hydrogen-bond donors (Lipinski definition) is 1. The highest BCUT2D eigenvalue weighted by Crippen LogP contribution is 2.32. The summed E-state index contributed by atoms with van der Waals surface area (Å²) in [5, 5.41) is 11.4. The standard InChI is InChI=1S/C18H17ClFN3O/c1-12(13-3-5-15(20)6-4-13)23-11-21-10-16(23)18(2,24)14-7-8-22-17(19)9-14/h3-12,24H,1-2H3. The van der Waals surface area contributed by atoms with Crippen molar-refractivity contribution >= 4 is 11.6 Å². The van der Waals surface area contributed by atoms with Crippen molar-refractivity contribution in [2.75, 3.05) is 0 Å². The number of nitrogens with zero attached hydrogens (tertiary/aromatic N) is 3. The van der Waals surface area contributed by atoms with Gasteiger partial charge in [0.1, 0.15) is 16.6 Å². The largest absolute Gasteiger partial charge is 0.379 e. The molecule has 2 aromatic heterocycles. The highest BCUT2D eigenvalue weighted by molar-refractivity contribution is 6.29. The maximum Gasteiger partial charge on any atom is 0.129 e. The van der Waals surface area contributed by atoms with Gasteiger partial charge >= 0.3 is 0 Å². The Balaban J connectivity index is 2.02. The highest BCUT2D eigenvalue weighted by Gasteiger charge is 2.31. The summed E-state index contributed by atoms with van der Waals surface area (Å²) in [5.41, 5.74) is 0.855. The average Bonchev–Trinajstić information content (AvgIpc) is 3.05. The van der Waals surface area contributed by atoms with E-state index < -0.39 is 5.60 Å². The molecule has 0 radical (unpaired) electrons. The van der Waals surface area contributed by atoms with Crippen LogP contribution in [0.3, 0.4) is 0 Å². The van der Waals surface area contributed by atoms with E-state index in [2.05, 4.69) is 9.97 Å². The minimum Gasteiger partial charge on any atom is -0.379 e. The van der Waals surface area contributed by atoms with Crippen LogP contribution in [0.1, 0.15) is 36.7 Å². The Morgan fingerprint density at radius 1 is 1.25 bits per heavy atom. The average molecular weight is 346 g/mol. The molecule has 0 spiro atoms. The summed E-state index contributed by atoms with van der Waals surface area (Å²) in [4.78, 5) is 8.13. The van der Waals surface area contributed by atoms with Crippen LogP contribution in [0.4, 0.5) is 4.39 Å². The van der Waals surface area contributed by atoms with Crippen LogP contribution < -0.4 is 0 Å². The van der Waals surface area contributed by atoms with E-state index in [1.165, 1.54) is 12.1 Å². The lowest BCUT2D eigenvalue weighted by atomic mass is 9.93. The fraction of sp³-hybridized carbons (Fsp3) is 0.222. The van der Waals surface area contributed by atoms with Gasteiger partial charge in [-0.3, -0.25) is 0 Å². The number of hydrogen-bond acceptors (Lipinski definition) is 3. The summed E-state index contributed by atoms with van der Waals surface area (Å²) in [6.07, 6.45) is 4.82. The number of benzene rings is 1. The summed E-state index contributed by atoms with van der Waals surface area (Å²) in [7, 11) is 0. The summed E-state index contributed by atoms with van der Waals surface area (Å²) in [6, 6.07) is 9.51. The van der Waals surface area contributed by atoms with Crippen LogP contribution in [-0.2, 0) is 5.60 Å². The molecule has 0 aliphatic carbocycles. The van der Waals surface area contributed by atoms with Crippen molar-refractivity contribution in [3.63, 3.8) is 0 Å². The second-order valence-electron chi connectivity index (χ2n) is 5.85. The first kappa shape index (κ1) is 16.6. The van der Waals surface area contributed by atoms with Crippen LogP contribution in [0.25, 0.3) is 0 Å². The number of halogens is 2. The molecule has 0 bridgehead atoms. The molecule has 6 heteroatoms. The lowest BCUT2D eigenvalue weighted by molar-refractivity contribution is 0.0921. The molecule has 3 rings (SSSR count). The molecule has 2 unspecified atom stereocenters. The topological polar surface area (TPSA) is 50.9 Å². The lowest BCUT2D eigenvalue weighted by Crippen LogP contribution is -2.27. The Bertz CT molecular complexity index is 845. The number of imidazole rings is 1. The van der Waals surface area contributed by atoms with Crippen LogP contribution in [0, 0.1) is 5.82 Å². The van der Waals surface area contributed by atoms with Gasteiger partial charge in [-0.2, -0.15) is 0 Å². The molecule has 1 N–H and O–H groups in total. The maximum absolute atomic E-state index is 13.1. The van der Waals surface area contributed by atoms with Crippen LogP contribution in [0.5, 0.6) is 0 Å². The van der Waals surface area contributed by atoms with E-state index in [0.717, 1.165) is 5.56 Å². The minimum atomic E-state index is -1.29. The highest BCUT2D eigenvalue weighted by atomic mass is 35.5. The van der Waals surface area contributed by atoms with E-state index in [1.54, 1.807) is 49.9 Å². The third-order valence-corrected chi connectivity index (χ3v) is 4.43. The molecular formula is C18H17ClFN3O.